The second-order valence-electron chi connectivity index (χ2n) is 4.57. The molecule has 1 aromatic carbocycles. The maximum absolute atomic E-state index is 14.0. The molecule has 0 N–H and O–H groups in total. The van der Waals surface area contributed by atoms with Crippen LogP contribution in [-0.4, -0.2) is 9.55 Å². The molecule has 0 bridgehead atoms. The zero-order valence-corrected chi connectivity index (χ0v) is 11.7. The van der Waals surface area contributed by atoms with E-state index in [4.69, 9.17) is 0 Å². The Morgan fingerprint density at radius 3 is 3.00 bits per heavy atom. The summed E-state index contributed by atoms with van der Waals surface area (Å²) in [6.45, 7) is 0.793. The van der Waals surface area contributed by atoms with Gasteiger partial charge in [0, 0.05) is 23.0 Å². The third-order valence-electron chi connectivity index (χ3n) is 3.37. The van der Waals surface area contributed by atoms with Crippen LogP contribution in [0.3, 0.4) is 0 Å². The van der Waals surface area contributed by atoms with E-state index in [1.807, 2.05) is 4.57 Å². The Hall–Kier alpha value is -1.67. The predicted molar refractivity (Wildman–Crippen MR) is 73.0 cm³/mol. The van der Waals surface area contributed by atoms with Crippen molar-refractivity contribution in [1.82, 2.24) is 9.55 Å². The van der Waals surface area contributed by atoms with E-state index < -0.39 is 0 Å². The van der Waals surface area contributed by atoms with Gasteiger partial charge in [0.15, 0.2) is 0 Å². The number of rotatable bonds is 1. The van der Waals surface area contributed by atoms with Crippen LogP contribution in [0.1, 0.15) is 24.4 Å². The molecule has 0 fully saturated rings. The first kappa shape index (κ1) is 12.4. The number of benzene rings is 1. The normalized spacial score (nSPS) is 13.9. The second-order valence-corrected chi connectivity index (χ2v) is 5.49. The number of hydrogen-bond donors (Lipinski definition) is 0. The van der Waals surface area contributed by atoms with E-state index >= 15 is 0 Å². The summed E-state index contributed by atoms with van der Waals surface area (Å²) in [4.78, 5) is 4.47. The molecular formula is C14H11BrFN3. The molecule has 0 unspecified atom stereocenters. The molecule has 0 atom stereocenters. The molecule has 2 heterocycles. The van der Waals surface area contributed by atoms with E-state index in [1.54, 1.807) is 12.1 Å². The van der Waals surface area contributed by atoms with E-state index in [0.717, 1.165) is 36.1 Å². The highest BCUT2D eigenvalue weighted by Gasteiger charge is 2.22. The number of imidazole rings is 1. The first-order valence-corrected chi connectivity index (χ1v) is 6.95. The summed E-state index contributed by atoms with van der Waals surface area (Å²) in [6.07, 6.45) is 2.96. The molecule has 0 aliphatic carbocycles. The maximum atomic E-state index is 14.0. The Morgan fingerprint density at radius 2 is 2.21 bits per heavy atom. The second kappa shape index (κ2) is 4.78. The van der Waals surface area contributed by atoms with Crippen molar-refractivity contribution in [3.63, 3.8) is 0 Å². The Bertz CT molecular complexity index is 685. The predicted octanol–water partition coefficient (Wildman–Crippen LogP) is 3.66. The molecule has 1 aromatic heterocycles. The van der Waals surface area contributed by atoms with Crippen molar-refractivity contribution in [2.75, 3.05) is 0 Å². The lowest BCUT2D eigenvalue weighted by Crippen LogP contribution is -2.11. The smallest absolute Gasteiger partial charge is 0.148 e. The largest absolute Gasteiger partial charge is 0.319 e. The van der Waals surface area contributed by atoms with Gasteiger partial charge in [-0.05, 0) is 31.0 Å². The first-order chi connectivity index (χ1) is 9.20. The molecule has 3 rings (SSSR count). The van der Waals surface area contributed by atoms with Crippen LogP contribution >= 0.6 is 15.9 Å². The summed E-state index contributed by atoms with van der Waals surface area (Å²) < 4.78 is 16.6. The van der Waals surface area contributed by atoms with Crippen LogP contribution in [0.15, 0.2) is 22.7 Å². The van der Waals surface area contributed by atoms with Gasteiger partial charge in [-0.15, -0.1) is 0 Å². The van der Waals surface area contributed by atoms with Crippen molar-refractivity contribution in [1.29, 1.82) is 5.26 Å². The van der Waals surface area contributed by atoms with E-state index in [9.17, 15) is 9.65 Å². The molecule has 0 amide bonds. The van der Waals surface area contributed by atoms with Crippen LogP contribution in [-0.2, 0) is 13.0 Å². The molecule has 0 saturated carbocycles. The van der Waals surface area contributed by atoms with E-state index in [0.29, 0.717) is 17.0 Å². The van der Waals surface area contributed by atoms with Gasteiger partial charge in [-0.3, -0.25) is 0 Å². The molecular weight excluding hydrogens is 309 g/mol. The highest BCUT2D eigenvalue weighted by atomic mass is 79.9. The minimum atomic E-state index is -0.352. The van der Waals surface area contributed by atoms with Crippen LogP contribution in [0.2, 0.25) is 0 Å². The quantitative estimate of drug-likeness (QED) is 0.805. The van der Waals surface area contributed by atoms with E-state index in [1.165, 1.54) is 6.07 Å². The number of nitrogens with zero attached hydrogens (tertiary/aromatic N) is 3. The topological polar surface area (TPSA) is 41.6 Å². The van der Waals surface area contributed by atoms with Crippen LogP contribution in [0.5, 0.6) is 0 Å². The summed E-state index contributed by atoms with van der Waals surface area (Å²) >= 11 is 3.33. The summed E-state index contributed by atoms with van der Waals surface area (Å²) in [6, 6.07) is 6.87. The molecule has 96 valence electrons. The average molecular weight is 320 g/mol. The van der Waals surface area contributed by atoms with Crippen LogP contribution in [0.25, 0.3) is 11.3 Å². The molecule has 0 radical (unpaired) electrons. The fourth-order valence-electron chi connectivity index (χ4n) is 2.46. The first-order valence-electron chi connectivity index (χ1n) is 6.15. The lowest BCUT2D eigenvalue weighted by atomic mass is 10.1. The van der Waals surface area contributed by atoms with Gasteiger partial charge < -0.3 is 4.57 Å². The van der Waals surface area contributed by atoms with Crippen molar-refractivity contribution in [3.8, 4) is 17.3 Å². The minimum absolute atomic E-state index is 0.352. The number of halogens is 2. The van der Waals surface area contributed by atoms with E-state index in [-0.39, 0.29) is 5.82 Å². The summed E-state index contributed by atoms with van der Waals surface area (Å²) in [5, 5.41) is 9.34. The lowest BCUT2D eigenvalue weighted by Gasteiger charge is -2.13. The lowest BCUT2D eigenvalue weighted by molar-refractivity contribution is 0.519. The highest BCUT2D eigenvalue weighted by Crippen LogP contribution is 2.30. The van der Waals surface area contributed by atoms with Crippen molar-refractivity contribution >= 4 is 15.9 Å². The Morgan fingerprint density at radius 1 is 1.37 bits per heavy atom. The van der Waals surface area contributed by atoms with Gasteiger partial charge in [-0.1, -0.05) is 15.9 Å². The fourth-order valence-corrected chi connectivity index (χ4v) is 2.83. The van der Waals surface area contributed by atoms with Gasteiger partial charge >= 0.3 is 0 Å². The summed E-state index contributed by atoms with van der Waals surface area (Å²) in [5.41, 5.74) is 1.30. The van der Waals surface area contributed by atoms with Crippen LogP contribution in [0, 0.1) is 17.1 Å². The van der Waals surface area contributed by atoms with Gasteiger partial charge in [0.25, 0.3) is 0 Å². The molecule has 0 spiro atoms. The number of fused-ring (bicyclic) bond motifs is 1. The Balaban J connectivity index is 2.23. The monoisotopic (exact) mass is 319 g/mol. The zero-order valence-electron chi connectivity index (χ0n) is 10.2. The highest BCUT2D eigenvalue weighted by molar-refractivity contribution is 9.10. The number of aromatic nitrogens is 2. The van der Waals surface area contributed by atoms with Crippen LogP contribution in [0.4, 0.5) is 4.39 Å². The van der Waals surface area contributed by atoms with Crippen LogP contribution < -0.4 is 0 Å². The Labute approximate surface area is 118 Å². The summed E-state index contributed by atoms with van der Waals surface area (Å²) in [7, 11) is 0. The number of hydrogen-bond acceptors (Lipinski definition) is 2. The molecule has 2 aromatic rings. The van der Waals surface area contributed by atoms with Crippen molar-refractivity contribution < 1.29 is 4.39 Å². The van der Waals surface area contributed by atoms with Gasteiger partial charge in [0.2, 0.25) is 0 Å². The third kappa shape index (κ3) is 2.06. The molecule has 1 aliphatic heterocycles. The van der Waals surface area contributed by atoms with E-state index in [2.05, 4.69) is 27.0 Å². The van der Waals surface area contributed by atoms with Crippen molar-refractivity contribution in [2.45, 2.75) is 25.8 Å². The molecule has 19 heavy (non-hydrogen) atoms. The fraction of sp³-hybridized carbons (Fsp3) is 0.286. The zero-order chi connectivity index (χ0) is 13.4. The van der Waals surface area contributed by atoms with Gasteiger partial charge in [0.1, 0.15) is 29.1 Å². The average Bonchev–Trinajstić information content (AvgIpc) is 2.79. The maximum Gasteiger partial charge on any atom is 0.148 e. The van der Waals surface area contributed by atoms with Gasteiger partial charge in [-0.2, -0.15) is 5.26 Å². The third-order valence-corrected chi connectivity index (χ3v) is 3.86. The van der Waals surface area contributed by atoms with Gasteiger partial charge in [0.05, 0.1) is 0 Å². The van der Waals surface area contributed by atoms with Crippen molar-refractivity contribution in [2.24, 2.45) is 0 Å². The molecule has 1 aliphatic rings. The standard InChI is InChI=1S/C14H11BrFN3/c15-9-4-5-11(16)10(7-9)14-12(8-17)19-6-2-1-3-13(19)18-14/h4-5,7H,1-3,6H2. The molecule has 5 heteroatoms. The molecule has 0 saturated heterocycles. The molecule has 3 nitrogen and oxygen atoms in total. The minimum Gasteiger partial charge on any atom is -0.319 e. The summed E-state index contributed by atoms with van der Waals surface area (Å²) in [5.74, 6) is 0.535. The number of aryl methyl sites for hydroxylation is 1. The van der Waals surface area contributed by atoms with Gasteiger partial charge in [-0.25, -0.2) is 9.37 Å². The van der Waals surface area contributed by atoms with Crippen molar-refractivity contribution in [3.05, 3.63) is 40.0 Å². The number of nitriles is 1. The Kier molecular flexibility index (Phi) is 3.11. The SMILES string of the molecule is N#Cc1c(-c2cc(Br)ccc2F)nc2n1CCCC2.